The Morgan fingerprint density at radius 2 is 1.88 bits per heavy atom. The predicted octanol–water partition coefficient (Wildman–Crippen LogP) is 0.368. The Bertz CT molecular complexity index is 784. The standard InChI is InChI=1S/C16H24ClN7O2/c1-15(2)8-22(12-6-9(17)5-11(19)10(12)7-18)4-3-16(15)13(25)23(20)14(26)24(16)21/h5-6H,3-4,7-8,18-21H2,1-2H3. The number of anilines is 2. The highest BCUT2D eigenvalue weighted by atomic mass is 35.5. The van der Waals surface area contributed by atoms with Gasteiger partial charge in [0.1, 0.15) is 5.54 Å². The van der Waals surface area contributed by atoms with Gasteiger partial charge in [-0.25, -0.2) is 21.5 Å². The topological polar surface area (TPSA) is 148 Å². The minimum atomic E-state index is -1.19. The molecule has 1 aromatic carbocycles. The van der Waals surface area contributed by atoms with Crippen LogP contribution in [0.4, 0.5) is 16.2 Å². The summed E-state index contributed by atoms with van der Waals surface area (Å²) < 4.78 is 0. The van der Waals surface area contributed by atoms with E-state index >= 15 is 0 Å². The molecule has 2 saturated heterocycles. The lowest BCUT2D eigenvalue weighted by atomic mass is 9.66. The molecule has 2 fully saturated rings. The number of hydrazine groups is 2. The van der Waals surface area contributed by atoms with E-state index in [2.05, 4.69) is 4.90 Å². The maximum absolute atomic E-state index is 12.8. The number of benzene rings is 1. The van der Waals surface area contributed by atoms with E-state index in [4.69, 9.17) is 34.8 Å². The van der Waals surface area contributed by atoms with Gasteiger partial charge in [0.15, 0.2) is 0 Å². The summed E-state index contributed by atoms with van der Waals surface area (Å²) in [5, 5.41) is 2.08. The molecule has 3 rings (SSSR count). The van der Waals surface area contributed by atoms with Crippen LogP contribution in [-0.2, 0) is 11.3 Å². The second-order valence-corrected chi connectivity index (χ2v) is 7.88. The van der Waals surface area contributed by atoms with Crippen molar-refractivity contribution < 1.29 is 9.59 Å². The van der Waals surface area contributed by atoms with E-state index < -0.39 is 22.9 Å². The summed E-state index contributed by atoms with van der Waals surface area (Å²) in [5.74, 6) is 11.1. The van der Waals surface area contributed by atoms with Crippen LogP contribution in [0.15, 0.2) is 12.1 Å². The summed E-state index contributed by atoms with van der Waals surface area (Å²) in [6.45, 7) is 4.95. The van der Waals surface area contributed by atoms with Crippen LogP contribution in [0.3, 0.4) is 0 Å². The highest BCUT2D eigenvalue weighted by Crippen LogP contribution is 2.47. The van der Waals surface area contributed by atoms with Crippen molar-refractivity contribution in [2.75, 3.05) is 23.7 Å². The van der Waals surface area contributed by atoms with Gasteiger partial charge < -0.3 is 16.4 Å². The van der Waals surface area contributed by atoms with Gasteiger partial charge in [-0.1, -0.05) is 25.4 Å². The van der Waals surface area contributed by atoms with E-state index in [0.717, 1.165) is 16.3 Å². The van der Waals surface area contributed by atoms with Crippen molar-refractivity contribution in [2.24, 2.45) is 22.8 Å². The van der Waals surface area contributed by atoms with Gasteiger partial charge in [0.25, 0.3) is 5.91 Å². The van der Waals surface area contributed by atoms with Crippen molar-refractivity contribution in [1.29, 1.82) is 0 Å². The van der Waals surface area contributed by atoms with Crippen LogP contribution in [0.5, 0.6) is 0 Å². The van der Waals surface area contributed by atoms with E-state index in [1.54, 1.807) is 6.07 Å². The Labute approximate surface area is 156 Å². The average Bonchev–Trinajstić information content (AvgIpc) is 2.73. The molecular formula is C16H24ClN7O2. The number of carbonyl (C=O) groups is 2. The number of halogens is 1. The molecule has 2 aliphatic rings. The Balaban J connectivity index is 2.01. The normalized spacial score (nSPS) is 25.5. The maximum Gasteiger partial charge on any atom is 0.356 e. The summed E-state index contributed by atoms with van der Waals surface area (Å²) in [7, 11) is 0. The van der Waals surface area contributed by atoms with Crippen molar-refractivity contribution in [3.05, 3.63) is 22.7 Å². The Morgan fingerprint density at radius 1 is 1.23 bits per heavy atom. The van der Waals surface area contributed by atoms with Gasteiger partial charge in [-0.15, -0.1) is 0 Å². The summed E-state index contributed by atoms with van der Waals surface area (Å²) >= 11 is 6.18. The number of carbonyl (C=O) groups excluding carboxylic acids is 2. The smallest absolute Gasteiger partial charge is 0.356 e. The second kappa shape index (κ2) is 5.98. The van der Waals surface area contributed by atoms with E-state index in [1.807, 2.05) is 19.9 Å². The molecule has 1 aromatic rings. The molecule has 8 N–H and O–H groups in total. The van der Waals surface area contributed by atoms with E-state index in [9.17, 15) is 9.59 Å². The first-order valence-corrected chi connectivity index (χ1v) is 8.65. The van der Waals surface area contributed by atoms with Gasteiger partial charge in [0, 0.05) is 47.0 Å². The van der Waals surface area contributed by atoms with E-state index in [-0.39, 0.29) is 6.54 Å². The fourth-order valence-electron chi connectivity index (χ4n) is 4.19. The van der Waals surface area contributed by atoms with Gasteiger partial charge in [0.2, 0.25) is 0 Å². The molecule has 3 amide bonds. The van der Waals surface area contributed by atoms with Crippen LogP contribution >= 0.6 is 11.6 Å². The zero-order valence-electron chi connectivity index (χ0n) is 14.8. The summed E-state index contributed by atoms with van der Waals surface area (Å²) in [4.78, 5) is 27.0. The number of nitrogen functional groups attached to an aromatic ring is 1. The van der Waals surface area contributed by atoms with Crippen LogP contribution in [0, 0.1) is 5.41 Å². The fourth-order valence-corrected chi connectivity index (χ4v) is 4.41. The number of amides is 3. The number of nitrogens with zero attached hydrogens (tertiary/aromatic N) is 3. The van der Waals surface area contributed by atoms with Crippen molar-refractivity contribution in [3.8, 4) is 0 Å². The van der Waals surface area contributed by atoms with Crippen molar-refractivity contribution in [3.63, 3.8) is 0 Å². The van der Waals surface area contributed by atoms with Gasteiger partial charge in [-0.05, 0) is 18.6 Å². The monoisotopic (exact) mass is 381 g/mol. The molecule has 9 nitrogen and oxygen atoms in total. The molecule has 26 heavy (non-hydrogen) atoms. The first-order valence-electron chi connectivity index (χ1n) is 8.28. The van der Waals surface area contributed by atoms with Gasteiger partial charge >= 0.3 is 6.03 Å². The number of rotatable bonds is 2. The van der Waals surface area contributed by atoms with Crippen LogP contribution < -0.4 is 28.1 Å². The Hall–Kier alpha value is -2.07. The quantitative estimate of drug-likeness (QED) is 0.250. The van der Waals surface area contributed by atoms with Crippen molar-refractivity contribution in [2.45, 2.75) is 32.4 Å². The molecule has 2 heterocycles. The molecular weight excluding hydrogens is 358 g/mol. The molecule has 0 aliphatic carbocycles. The molecule has 0 saturated carbocycles. The third-order valence-corrected chi connectivity index (χ3v) is 5.83. The van der Waals surface area contributed by atoms with Crippen LogP contribution in [0.2, 0.25) is 5.02 Å². The average molecular weight is 382 g/mol. The maximum atomic E-state index is 12.8. The first-order chi connectivity index (χ1) is 12.1. The first kappa shape index (κ1) is 18.7. The van der Waals surface area contributed by atoms with Gasteiger partial charge in [-0.3, -0.25) is 4.79 Å². The molecule has 10 heteroatoms. The molecule has 0 radical (unpaired) electrons. The second-order valence-electron chi connectivity index (χ2n) is 7.44. The molecule has 1 spiro atoms. The SMILES string of the molecule is CC1(C)CN(c2cc(Cl)cc(N)c2CN)CCC12C(=O)N(N)C(=O)N2N. The minimum absolute atomic E-state index is 0.261. The lowest BCUT2D eigenvalue weighted by Gasteiger charge is -2.52. The highest BCUT2D eigenvalue weighted by molar-refractivity contribution is 6.31. The zero-order valence-corrected chi connectivity index (χ0v) is 15.6. The lowest BCUT2D eigenvalue weighted by molar-refractivity contribution is -0.141. The zero-order chi connectivity index (χ0) is 19.4. The van der Waals surface area contributed by atoms with Crippen molar-refractivity contribution in [1.82, 2.24) is 10.0 Å². The largest absolute Gasteiger partial charge is 0.398 e. The molecule has 0 bridgehead atoms. The summed E-state index contributed by atoms with van der Waals surface area (Å²) in [5.41, 5.74) is 12.2. The number of imide groups is 1. The van der Waals surface area contributed by atoms with Gasteiger partial charge in [-0.2, -0.15) is 5.01 Å². The van der Waals surface area contributed by atoms with Crippen molar-refractivity contribution >= 4 is 34.9 Å². The number of hydrogen-bond acceptors (Lipinski definition) is 7. The molecule has 1 atom stereocenters. The third-order valence-electron chi connectivity index (χ3n) is 5.62. The van der Waals surface area contributed by atoms with Crippen LogP contribution in [0.25, 0.3) is 0 Å². The molecule has 142 valence electrons. The summed E-state index contributed by atoms with van der Waals surface area (Å²) in [6.07, 6.45) is 0.325. The third kappa shape index (κ3) is 2.35. The van der Waals surface area contributed by atoms with Gasteiger partial charge in [0.05, 0.1) is 0 Å². The number of piperidine rings is 1. The lowest BCUT2D eigenvalue weighted by Crippen LogP contribution is -2.68. The van der Waals surface area contributed by atoms with Crippen LogP contribution in [-0.4, -0.2) is 40.6 Å². The Morgan fingerprint density at radius 3 is 2.38 bits per heavy atom. The van der Waals surface area contributed by atoms with E-state index in [0.29, 0.717) is 35.2 Å². The number of urea groups is 1. The molecule has 0 aromatic heterocycles. The highest BCUT2D eigenvalue weighted by Gasteiger charge is 2.65. The van der Waals surface area contributed by atoms with Crippen LogP contribution in [0.1, 0.15) is 25.8 Å². The Kier molecular flexibility index (Phi) is 4.31. The number of nitrogens with two attached hydrogens (primary N) is 4. The van der Waals surface area contributed by atoms with E-state index in [1.165, 1.54) is 0 Å². The number of hydrogen-bond donors (Lipinski definition) is 4. The molecule has 2 aliphatic heterocycles. The predicted molar refractivity (Wildman–Crippen MR) is 99.6 cm³/mol. The minimum Gasteiger partial charge on any atom is -0.398 e. The fraction of sp³-hybridized carbons (Fsp3) is 0.500. The summed E-state index contributed by atoms with van der Waals surface area (Å²) in [6, 6.07) is 2.77. The molecule has 1 unspecified atom stereocenters.